The first-order valence-electron chi connectivity index (χ1n) is 5.42. The minimum atomic E-state index is 0.371. The number of rotatable bonds is 2. The second kappa shape index (κ2) is 4.53. The van der Waals surface area contributed by atoms with Crippen molar-refractivity contribution < 1.29 is 0 Å². The van der Waals surface area contributed by atoms with E-state index in [0.717, 1.165) is 37.7 Å². The molecular weight excluding hydrogens is 190 g/mol. The Morgan fingerprint density at radius 2 is 2.07 bits per heavy atom. The minimum absolute atomic E-state index is 0.371. The van der Waals surface area contributed by atoms with Crippen LogP contribution in [0.25, 0.3) is 0 Å². The number of nitrogens with zero attached hydrogens (tertiary/aromatic N) is 4. The summed E-state index contributed by atoms with van der Waals surface area (Å²) >= 11 is 0. The Balaban J connectivity index is 2.25. The van der Waals surface area contributed by atoms with Gasteiger partial charge in [-0.05, 0) is 0 Å². The molecule has 0 aromatic carbocycles. The minimum Gasteiger partial charge on any atom is -0.352 e. The van der Waals surface area contributed by atoms with E-state index in [2.05, 4.69) is 39.2 Å². The molecule has 0 saturated carbocycles. The smallest absolute Gasteiger partial charge is 0.154 e. The van der Waals surface area contributed by atoms with Crippen molar-refractivity contribution in [1.82, 2.24) is 20.5 Å². The van der Waals surface area contributed by atoms with Crippen LogP contribution < -0.4 is 10.2 Å². The van der Waals surface area contributed by atoms with Gasteiger partial charge < -0.3 is 10.2 Å². The molecule has 0 bridgehead atoms. The molecule has 15 heavy (non-hydrogen) atoms. The van der Waals surface area contributed by atoms with Gasteiger partial charge in [0, 0.05) is 32.1 Å². The van der Waals surface area contributed by atoms with Crippen LogP contribution in [0.1, 0.15) is 25.5 Å². The van der Waals surface area contributed by atoms with E-state index < -0.39 is 0 Å². The first-order chi connectivity index (χ1) is 7.29. The highest BCUT2D eigenvalue weighted by atomic mass is 15.3. The van der Waals surface area contributed by atoms with Crippen molar-refractivity contribution in [3.8, 4) is 0 Å². The van der Waals surface area contributed by atoms with Gasteiger partial charge in [-0.15, -0.1) is 10.2 Å². The second-order valence-electron chi connectivity index (χ2n) is 4.06. The van der Waals surface area contributed by atoms with Gasteiger partial charge in [-0.2, -0.15) is 0 Å². The van der Waals surface area contributed by atoms with Crippen LogP contribution in [0, 0.1) is 0 Å². The van der Waals surface area contributed by atoms with Gasteiger partial charge in [-0.25, -0.2) is 4.98 Å². The highest BCUT2D eigenvalue weighted by Gasteiger charge is 2.18. The molecule has 1 aromatic heterocycles. The van der Waals surface area contributed by atoms with Crippen LogP contribution in [-0.4, -0.2) is 41.4 Å². The van der Waals surface area contributed by atoms with Crippen LogP contribution in [0.2, 0.25) is 0 Å². The number of anilines is 1. The molecule has 0 spiro atoms. The number of nitrogens with one attached hydrogen (secondary N) is 1. The molecule has 0 aliphatic carbocycles. The molecule has 1 saturated heterocycles. The standard InChI is InChI=1S/C10H17N5/c1-8(2)9-10(12-7-13-14-9)15-5-3-11-4-6-15/h7-8,11H,3-6H2,1-2H3. The molecule has 5 heteroatoms. The maximum Gasteiger partial charge on any atom is 0.154 e. The Morgan fingerprint density at radius 3 is 2.73 bits per heavy atom. The van der Waals surface area contributed by atoms with Gasteiger partial charge in [0.25, 0.3) is 0 Å². The third-order valence-electron chi connectivity index (χ3n) is 2.59. The van der Waals surface area contributed by atoms with E-state index in [4.69, 9.17) is 0 Å². The first kappa shape index (κ1) is 10.3. The number of hydrogen-bond acceptors (Lipinski definition) is 5. The topological polar surface area (TPSA) is 53.9 Å². The van der Waals surface area contributed by atoms with E-state index >= 15 is 0 Å². The second-order valence-corrected chi connectivity index (χ2v) is 4.06. The summed E-state index contributed by atoms with van der Waals surface area (Å²) in [4.78, 5) is 6.63. The maximum atomic E-state index is 4.35. The predicted molar refractivity (Wildman–Crippen MR) is 59.0 cm³/mol. The molecule has 5 nitrogen and oxygen atoms in total. The molecule has 0 amide bonds. The van der Waals surface area contributed by atoms with E-state index in [0.29, 0.717) is 5.92 Å². The SMILES string of the molecule is CC(C)c1nncnc1N1CCNCC1. The van der Waals surface area contributed by atoms with E-state index in [1.54, 1.807) is 0 Å². The molecule has 0 atom stereocenters. The fourth-order valence-corrected chi connectivity index (χ4v) is 1.77. The zero-order chi connectivity index (χ0) is 10.7. The molecule has 1 fully saturated rings. The molecule has 1 N–H and O–H groups in total. The van der Waals surface area contributed by atoms with Crippen molar-refractivity contribution in [3.63, 3.8) is 0 Å². The lowest BCUT2D eigenvalue weighted by atomic mass is 10.1. The van der Waals surface area contributed by atoms with Gasteiger partial charge >= 0.3 is 0 Å². The fourth-order valence-electron chi connectivity index (χ4n) is 1.77. The van der Waals surface area contributed by atoms with Gasteiger partial charge in [-0.1, -0.05) is 13.8 Å². The summed E-state index contributed by atoms with van der Waals surface area (Å²) in [7, 11) is 0. The molecule has 0 unspecified atom stereocenters. The van der Waals surface area contributed by atoms with Crippen molar-refractivity contribution >= 4 is 5.82 Å². The number of piperazine rings is 1. The number of hydrogen-bond donors (Lipinski definition) is 1. The van der Waals surface area contributed by atoms with Gasteiger partial charge in [0.15, 0.2) is 5.82 Å². The van der Waals surface area contributed by atoms with Crippen LogP contribution in [-0.2, 0) is 0 Å². The summed E-state index contributed by atoms with van der Waals surface area (Å²) in [6.45, 7) is 8.27. The predicted octanol–water partition coefficient (Wildman–Crippen LogP) is 0.405. The number of aromatic nitrogens is 3. The normalized spacial score (nSPS) is 17.1. The Bertz CT molecular complexity index is 319. The van der Waals surface area contributed by atoms with E-state index in [1.807, 2.05) is 0 Å². The Morgan fingerprint density at radius 1 is 1.33 bits per heavy atom. The monoisotopic (exact) mass is 207 g/mol. The average Bonchev–Trinajstić information content (AvgIpc) is 2.30. The van der Waals surface area contributed by atoms with Crippen molar-refractivity contribution in [3.05, 3.63) is 12.0 Å². The Labute approximate surface area is 89.9 Å². The zero-order valence-electron chi connectivity index (χ0n) is 9.27. The van der Waals surface area contributed by atoms with Gasteiger partial charge in [0.2, 0.25) is 0 Å². The average molecular weight is 207 g/mol. The van der Waals surface area contributed by atoms with Crippen LogP contribution in [0.15, 0.2) is 6.33 Å². The summed E-state index contributed by atoms with van der Waals surface area (Å²) in [5, 5.41) is 11.4. The highest BCUT2D eigenvalue weighted by Crippen LogP contribution is 2.21. The van der Waals surface area contributed by atoms with E-state index in [-0.39, 0.29) is 0 Å². The molecule has 2 heterocycles. The molecule has 1 aliphatic rings. The van der Waals surface area contributed by atoms with Crippen molar-refractivity contribution in [2.75, 3.05) is 31.1 Å². The van der Waals surface area contributed by atoms with Crippen molar-refractivity contribution in [1.29, 1.82) is 0 Å². The first-order valence-corrected chi connectivity index (χ1v) is 5.42. The molecule has 1 aliphatic heterocycles. The largest absolute Gasteiger partial charge is 0.352 e. The van der Waals surface area contributed by atoms with Crippen molar-refractivity contribution in [2.24, 2.45) is 0 Å². The summed E-state index contributed by atoms with van der Waals surface area (Å²) < 4.78 is 0. The summed E-state index contributed by atoms with van der Waals surface area (Å²) in [6.07, 6.45) is 1.53. The fraction of sp³-hybridized carbons (Fsp3) is 0.700. The van der Waals surface area contributed by atoms with Crippen molar-refractivity contribution in [2.45, 2.75) is 19.8 Å². The Hall–Kier alpha value is -1.23. The van der Waals surface area contributed by atoms with Crippen LogP contribution in [0.3, 0.4) is 0 Å². The Kier molecular flexibility index (Phi) is 3.11. The third kappa shape index (κ3) is 2.23. The highest BCUT2D eigenvalue weighted by molar-refractivity contribution is 5.44. The van der Waals surface area contributed by atoms with Gasteiger partial charge in [0.05, 0.1) is 0 Å². The summed E-state index contributed by atoms with van der Waals surface area (Å²) in [6, 6.07) is 0. The zero-order valence-corrected chi connectivity index (χ0v) is 9.27. The quantitative estimate of drug-likeness (QED) is 0.761. The molecule has 2 rings (SSSR count). The van der Waals surface area contributed by atoms with Crippen LogP contribution >= 0.6 is 0 Å². The molecule has 0 radical (unpaired) electrons. The molecule has 82 valence electrons. The lowest BCUT2D eigenvalue weighted by Gasteiger charge is -2.29. The molecule has 1 aromatic rings. The summed E-state index contributed by atoms with van der Waals surface area (Å²) in [5.41, 5.74) is 0.999. The van der Waals surface area contributed by atoms with Crippen LogP contribution in [0.4, 0.5) is 5.82 Å². The third-order valence-corrected chi connectivity index (χ3v) is 2.59. The van der Waals surface area contributed by atoms with Gasteiger partial charge in [-0.3, -0.25) is 0 Å². The summed E-state index contributed by atoms with van der Waals surface area (Å²) in [5.74, 6) is 1.37. The van der Waals surface area contributed by atoms with E-state index in [1.165, 1.54) is 6.33 Å². The van der Waals surface area contributed by atoms with Crippen LogP contribution in [0.5, 0.6) is 0 Å². The maximum absolute atomic E-state index is 4.35. The lowest BCUT2D eigenvalue weighted by molar-refractivity contribution is 0.577. The van der Waals surface area contributed by atoms with E-state index in [9.17, 15) is 0 Å². The lowest BCUT2D eigenvalue weighted by Crippen LogP contribution is -2.44. The molecular formula is C10H17N5. The van der Waals surface area contributed by atoms with Gasteiger partial charge in [0.1, 0.15) is 12.0 Å².